The number of aliphatic carboxylic acids is 1. The standard InChI is InChI=1S/C15H22N2O4/c1-17(10-11-21-2)15(20)16-13(8-9-14(18)19)12-6-4-3-5-7-12/h3-7,13H,8-11H2,1-2H3,(H,16,20)(H,18,19). The third kappa shape index (κ3) is 6.27. The molecule has 0 aliphatic carbocycles. The van der Waals surface area contributed by atoms with Crippen molar-refractivity contribution in [2.75, 3.05) is 27.3 Å². The Labute approximate surface area is 124 Å². The molecule has 0 spiro atoms. The molecule has 1 rings (SSSR count). The summed E-state index contributed by atoms with van der Waals surface area (Å²) in [6, 6.07) is 8.80. The minimum absolute atomic E-state index is 0.00161. The number of benzene rings is 1. The molecule has 0 radical (unpaired) electrons. The van der Waals surface area contributed by atoms with Gasteiger partial charge < -0.3 is 20.1 Å². The van der Waals surface area contributed by atoms with Gasteiger partial charge in [0.25, 0.3) is 0 Å². The number of carboxylic acid groups (broad SMARTS) is 1. The quantitative estimate of drug-likeness (QED) is 0.767. The van der Waals surface area contributed by atoms with Crippen LogP contribution in [-0.4, -0.2) is 49.3 Å². The number of rotatable bonds is 8. The number of methoxy groups -OCH3 is 1. The van der Waals surface area contributed by atoms with E-state index in [1.165, 1.54) is 4.90 Å². The molecular formula is C15H22N2O4. The van der Waals surface area contributed by atoms with Crippen LogP contribution in [0.5, 0.6) is 0 Å². The third-order valence-corrected chi connectivity index (χ3v) is 3.12. The number of urea groups is 1. The molecule has 1 aromatic rings. The van der Waals surface area contributed by atoms with Gasteiger partial charge in [-0.15, -0.1) is 0 Å². The number of amides is 2. The molecule has 0 saturated heterocycles. The van der Waals surface area contributed by atoms with Crippen molar-refractivity contribution < 1.29 is 19.4 Å². The average molecular weight is 294 g/mol. The van der Waals surface area contributed by atoms with Gasteiger partial charge in [0.15, 0.2) is 0 Å². The maximum Gasteiger partial charge on any atom is 0.317 e. The fraction of sp³-hybridized carbons (Fsp3) is 0.467. The molecule has 6 nitrogen and oxygen atoms in total. The summed E-state index contributed by atoms with van der Waals surface area (Å²) in [5.41, 5.74) is 0.896. The number of nitrogens with zero attached hydrogens (tertiary/aromatic N) is 1. The first-order valence-corrected chi connectivity index (χ1v) is 6.82. The molecule has 116 valence electrons. The molecule has 0 aromatic heterocycles. The van der Waals surface area contributed by atoms with Crippen LogP contribution < -0.4 is 5.32 Å². The molecule has 1 unspecified atom stereocenters. The van der Waals surface area contributed by atoms with Crippen molar-refractivity contribution in [1.29, 1.82) is 0 Å². The first-order valence-electron chi connectivity index (χ1n) is 6.82. The lowest BCUT2D eigenvalue weighted by Crippen LogP contribution is -2.41. The van der Waals surface area contributed by atoms with Gasteiger partial charge in [-0.05, 0) is 12.0 Å². The van der Waals surface area contributed by atoms with Gasteiger partial charge in [-0.25, -0.2) is 4.79 Å². The highest BCUT2D eigenvalue weighted by Gasteiger charge is 2.17. The van der Waals surface area contributed by atoms with Crippen LogP contribution in [0, 0.1) is 0 Å². The first-order chi connectivity index (χ1) is 10.0. The van der Waals surface area contributed by atoms with E-state index < -0.39 is 5.97 Å². The van der Waals surface area contributed by atoms with Gasteiger partial charge in [0.1, 0.15) is 0 Å². The van der Waals surface area contributed by atoms with Gasteiger partial charge >= 0.3 is 12.0 Å². The number of carboxylic acids is 1. The molecule has 2 N–H and O–H groups in total. The predicted octanol–water partition coefficient (Wildman–Crippen LogP) is 1.88. The second-order valence-corrected chi connectivity index (χ2v) is 4.76. The summed E-state index contributed by atoms with van der Waals surface area (Å²) in [7, 11) is 3.25. The van der Waals surface area contributed by atoms with Crippen LogP contribution in [0.4, 0.5) is 4.79 Å². The number of hydrogen-bond acceptors (Lipinski definition) is 3. The first kappa shape index (κ1) is 17.0. The topological polar surface area (TPSA) is 78.9 Å². The van der Waals surface area contributed by atoms with Crippen molar-refractivity contribution in [1.82, 2.24) is 10.2 Å². The summed E-state index contributed by atoms with van der Waals surface area (Å²) in [5.74, 6) is -0.877. The van der Waals surface area contributed by atoms with E-state index in [-0.39, 0.29) is 18.5 Å². The fourth-order valence-corrected chi connectivity index (χ4v) is 1.86. The Balaban J connectivity index is 2.68. The highest BCUT2D eigenvalue weighted by molar-refractivity contribution is 5.74. The summed E-state index contributed by atoms with van der Waals surface area (Å²) in [4.78, 5) is 24.4. The summed E-state index contributed by atoms with van der Waals surface area (Å²) < 4.78 is 4.93. The fourth-order valence-electron chi connectivity index (χ4n) is 1.86. The maximum absolute atomic E-state index is 12.1. The van der Waals surface area contributed by atoms with Crippen molar-refractivity contribution in [3.8, 4) is 0 Å². The molecule has 1 aromatic carbocycles. The lowest BCUT2D eigenvalue weighted by molar-refractivity contribution is -0.137. The molecule has 6 heteroatoms. The summed E-state index contributed by atoms with van der Waals surface area (Å²) in [6.07, 6.45) is 0.352. The summed E-state index contributed by atoms with van der Waals surface area (Å²) >= 11 is 0. The van der Waals surface area contributed by atoms with E-state index in [2.05, 4.69) is 5.32 Å². The number of nitrogens with one attached hydrogen (secondary N) is 1. The maximum atomic E-state index is 12.1. The van der Waals surface area contributed by atoms with Gasteiger partial charge in [-0.1, -0.05) is 30.3 Å². The highest BCUT2D eigenvalue weighted by atomic mass is 16.5. The van der Waals surface area contributed by atoms with Gasteiger partial charge in [-0.2, -0.15) is 0 Å². The molecule has 21 heavy (non-hydrogen) atoms. The van der Waals surface area contributed by atoms with E-state index in [9.17, 15) is 9.59 Å². The van der Waals surface area contributed by atoms with Gasteiger partial charge in [-0.3, -0.25) is 4.79 Å². The molecule has 1 atom stereocenters. The number of likely N-dealkylation sites (N-methyl/N-ethyl adjacent to an activating group) is 1. The van der Waals surface area contributed by atoms with E-state index in [1.807, 2.05) is 30.3 Å². The Morgan fingerprint density at radius 2 is 2.00 bits per heavy atom. The van der Waals surface area contributed by atoms with E-state index in [0.717, 1.165) is 5.56 Å². The minimum Gasteiger partial charge on any atom is -0.481 e. The number of carbonyl (C=O) groups excluding carboxylic acids is 1. The minimum atomic E-state index is -0.877. The Hall–Kier alpha value is -2.08. The molecule has 0 bridgehead atoms. The number of hydrogen-bond donors (Lipinski definition) is 2. The van der Waals surface area contributed by atoms with E-state index >= 15 is 0 Å². The molecular weight excluding hydrogens is 272 g/mol. The van der Waals surface area contributed by atoms with Crippen molar-refractivity contribution in [3.63, 3.8) is 0 Å². The SMILES string of the molecule is COCCN(C)C(=O)NC(CCC(=O)O)c1ccccc1. The van der Waals surface area contributed by atoms with Crippen LogP contribution in [-0.2, 0) is 9.53 Å². The van der Waals surface area contributed by atoms with E-state index in [4.69, 9.17) is 9.84 Å². The van der Waals surface area contributed by atoms with Crippen LogP contribution >= 0.6 is 0 Å². The largest absolute Gasteiger partial charge is 0.481 e. The number of carbonyl (C=O) groups is 2. The van der Waals surface area contributed by atoms with Crippen LogP contribution in [0.1, 0.15) is 24.4 Å². The van der Waals surface area contributed by atoms with Crippen LogP contribution in [0.25, 0.3) is 0 Å². The van der Waals surface area contributed by atoms with Crippen LogP contribution in [0.3, 0.4) is 0 Å². The molecule has 2 amide bonds. The van der Waals surface area contributed by atoms with Crippen molar-refractivity contribution in [3.05, 3.63) is 35.9 Å². The molecule has 0 heterocycles. The van der Waals surface area contributed by atoms with Crippen LogP contribution in [0.2, 0.25) is 0 Å². The predicted molar refractivity (Wildman–Crippen MR) is 79.1 cm³/mol. The Bertz CT molecular complexity index is 450. The lowest BCUT2D eigenvalue weighted by Gasteiger charge is -2.23. The zero-order valence-corrected chi connectivity index (χ0v) is 12.4. The lowest BCUT2D eigenvalue weighted by atomic mass is 10.0. The van der Waals surface area contributed by atoms with Gasteiger partial charge in [0.05, 0.1) is 12.6 Å². The summed E-state index contributed by atoms with van der Waals surface area (Å²) in [6.45, 7) is 0.928. The molecule has 0 aliphatic heterocycles. The Morgan fingerprint density at radius 1 is 1.33 bits per heavy atom. The van der Waals surface area contributed by atoms with E-state index in [1.54, 1.807) is 14.2 Å². The normalized spacial score (nSPS) is 11.7. The smallest absolute Gasteiger partial charge is 0.317 e. The van der Waals surface area contributed by atoms with Crippen molar-refractivity contribution >= 4 is 12.0 Å². The van der Waals surface area contributed by atoms with Crippen LogP contribution in [0.15, 0.2) is 30.3 Å². The molecule has 0 aliphatic rings. The second kappa shape index (κ2) is 8.97. The van der Waals surface area contributed by atoms with Crippen molar-refractivity contribution in [2.45, 2.75) is 18.9 Å². The average Bonchev–Trinajstić information content (AvgIpc) is 2.49. The monoisotopic (exact) mass is 294 g/mol. The highest BCUT2D eigenvalue weighted by Crippen LogP contribution is 2.18. The summed E-state index contributed by atoms with van der Waals surface area (Å²) in [5, 5.41) is 11.7. The molecule has 0 saturated carbocycles. The van der Waals surface area contributed by atoms with Gasteiger partial charge in [0, 0.05) is 27.1 Å². The molecule has 0 fully saturated rings. The second-order valence-electron chi connectivity index (χ2n) is 4.76. The third-order valence-electron chi connectivity index (χ3n) is 3.12. The van der Waals surface area contributed by atoms with Gasteiger partial charge in [0.2, 0.25) is 0 Å². The van der Waals surface area contributed by atoms with E-state index in [0.29, 0.717) is 19.6 Å². The zero-order valence-electron chi connectivity index (χ0n) is 12.4. The Morgan fingerprint density at radius 3 is 2.57 bits per heavy atom. The zero-order chi connectivity index (χ0) is 15.7. The Kier molecular flexibility index (Phi) is 7.25. The van der Waals surface area contributed by atoms with Crippen molar-refractivity contribution in [2.24, 2.45) is 0 Å². The number of ether oxygens (including phenoxy) is 1.